The van der Waals surface area contributed by atoms with E-state index < -0.39 is 15.4 Å². The third kappa shape index (κ3) is 8.30. The summed E-state index contributed by atoms with van der Waals surface area (Å²) in [6.07, 6.45) is 5.05. The molecule has 1 atom stereocenters. The van der Waals surface area contributed by atoms with Gasteiger partial charge >= 0.3 is 29.6 Å². The number of ether oxygens (including phenoxy) is 2. The Balaban J connectivity index is 0.00000448. The number of hydrogen-bond donors (Lipinski definition) is 0. The number of para-hydroxylation sites is 1. The Morgan fingerprint density at radius 2 is 1.25 bits per heavy atom. The van der Waals surface area contributed by atoms with Gasteiger partial charge in [-0.15, -0.1) is 0 Å². The van der Waals surface area contributed by atoms with Crippen molar-refractivity contribution in [3.05, 3.63) is 115 Å². The van der Waals surface area contributed by atoms with E-state index in [4.69, 9.17) is 9.47 Å². The number of benzene rings is 5. The van der Waals surface area contributed by atoms with Crippen LogP contribution in [-0.2, 0) is 10.1 Å². The maximum absolute atomic E-state index is 12.5. The molecule has 1 heterocycles. The third-order valence-corrected chi connectivity index (χ3v) is 12.4. The minimum Gasteiger partial charge on any atom is -0.748 e. The Kier molecular flexibility index (Phi) is 12.1. The molecule has 0 spiro atoms. The van der Waals surface area contributed by atoms with Crippen LogP contribution in [-0.4, -0.2) is 39.0 Å². The molecule has 1 fully saturated rings. The molecule has 2 aliphatic rings. The Labute approximate surface area is 328 Å². The summed E-state index contributed by atoms with van der Waals surface area (Å²) in [5, 5.41) is -0.860. The molecule has 1 aliphatic carbocycles. The molecule has 5 aromatic rings. The van der Waals surface area contributed by atoms with E-state index in [2.05, 4.69) is 64.4 Å². The molecular formula is C41H41N2NaO5S2. The number of anilines is 5. The van der Waals surface area contributed by atoms with Gasteiger partial charge < -0.3 is 23.8 Å². The fourth-order valence-corrected chi connectivity index (χ4v) is 9.62. The zero-order valence-electron chi connectivity index (χ0n) is 29.3. The summed E-state index contributed by atoms with van der Waals surface area (Å²) in [6, 6.07) is 39.3. The topological polar surface area (TPSA) is 82.1 Å². The predicted molar refractivity (Wildman–Crippen MR) is 202 cm³/mol. The summed E-state index contributed by atoms with van der Waals surface area (Å²) in [5.74, 6) is 1.53. The van der Waals surface area contributed by atoms with Crippen molar-refractivity contribution < 1.29 is 52.0 Å². The van der Waals surface area contributed by atoms with Crippen LogP contribution in [0.25, 0.3) is 11.1 Å². The Morgan fingerprint density at radius 1 is 0.725 bits per heavy atom. The van der Waals surface area contributed by atoms with Crippen LogP contribution < -0.4 is 48.8 Å². The van der Waals surface area contributed by atoms with Crippen LogP contribution in [0.2, 0.25) is 0 Å². The van der Waals surface area contributed by atoms with Crippen molar-refractivity contribution in [1.29, 1.82) is 0 Å². The molecule has 0 aromatic heterocycles. The molecule has 258 valence electrons. The molecule has 0 amide bonds. The van der Waals surface area contributed by atoms with Gasteiger partial charge in [-0.05, 0) is 121 Å². The second-order valence-electron chi connectivity index (χ2n) is 12.9. The Hall–Kier alpha value is -3.44. The second kappa shape index (κ2) is 16.5. The van der Waals surface area contributed by atoms with Crippen LogP contribution >= 0.6 is 11.8 Å². The van der Waals surface area contributed by atoms with Gasteiger partial charge in [0.05, 0.1) is 41.0 Å². The zero-order chi connectivity index (χ0) is 34.7. The molecule has 0 radical (unpaired) electrons. The fourth-order valence-electron chi connectivity index (χ4n) is 7.34. The number of nitrogens with zero attached hydrogens (tertiary/aromatic N) is 2. The maximum Gasteiger partial charge on any atom is 1.00 e. The molecule has 7 rings (SSSR count). The van der Waals surface area contributed by atoms with Crippen molar-refractivity contribution in [1.82, 2.24) is 0 Å². The molecule has 10 heteroatoms. The number of rotatable bonds is 11. The normalized spacial score (nSPS) is 14.8. The van der Waals surface area contributed by atoms with Gasteiger partial charge in [0.2, 0.25) is 0 Å². The molecule has 0 N–H and O–H groups in total. The number of hydrogen-bond acceptors (Lipinski definition) is 8. The van der Waals surface area contributed by atoms with Gasteiger partial charge in [-0.3, -0.25) is 0 Å². The molecule has 1 aliphatic heterocycles. The third-order valence-electron chi connectivity index (χ3n) is 9.93. The van der Waals surface area contributed by atoms with E-state index in [1.807, 2.05) is 60.7 Å². The fraction of sp³-hybridized carbons (Fsp3) is 0.268. The van der Waals surface area contributed by atoms with E-state index in [0.29, 0.717) is 13.0 Å². The quantitative estimate of drug-likeness (QED) is 0.103. The van der Waals surface area contributed by atoms with E-state index in [-0.39, 0.29) is 35.5 Å². The van der Waals surface area contributed by atoms with Gasteiger partial charge in [-0.25, -0.2) is 8.42 Å². The first-order valence-corrected chi connectivity index (χ1v) is 19.4. The summed E-state index contributed by atoms with van der Waals surface area (Å²) in [6.45, 7) is 0.466. The molecular weight excluding hydrogens is 688 g/mol. The van der Waals surface area contributed by atoms with Crippen molar-refractivity contribution >= 4 is 50.3 Å². The van der Waals surface area contributed by atoms with Gasteiger partial charge in [0.1, 0.15) is 11.5 Å². The largest absolute Gasteiger partial charge is 1.00 e. The molecule has 5 aromatic carbocycles. The van der Waals surface area contributed by atoms with Crippen molar-refractivity contribution in [3.63, 3.8) is 0 Å². The smallest absolute Gasteiger partial charge is 0.748 e. The van der Waals surface area contributed by atoms with E-state index in [1.165, 1.54) is 0 Å². The van der Waals surface area contributed by atoms with Crippen molar-refractivity contribution in [2.45, 2.75) is 53.6 Å². The van der Waals surface area contributed by atoms with Gasteiger partial charge in [0.25, 0.3) is 0 Å². The van der Waals surface area contributed by atoms with E-state index >= 15 is 0 Å². The Morgan fingerprint density at radius 3 is 1.82 bits per heavy atom. The van der Waals surface area contributed by atoms with Crippen LogP contribution in [0.4, 0.5) is 28.4 Å². The average Bonchev–Trinajstić information content (AvgIpc) is 3.15. The van der Waals surface area contributed by atoms with E-state index in [9.17, 15) is 13.0 Å². The summed E-state index contributed by atoms with van der Waals surface area (Å²) in [7, 11) is -1.08. The summed E-state index contributed by atoms with van der Waals surface area (Å²) >= 11 is 1.72. The van der Waals surface area contributed by atoms with Gasteiger partial charge in [-0.1, -0.05) is 61.4 Å². The van der Waals surface area contributed by atoms with Crippen LogP contribution in [0.1, 0.15) is 38.5 Å². The molecule has 0 bridgehead atoms. The SMILES string of the molecule is COc1ccc(N(c2ccc(OC)cc2)c2ccc(-c3ccc4c(c3)Sc3ccccc3N4CCC(C3CCCCC3)S(=O)(=O)[O-])cc2)cc1.[Na+]. The molecule has 1 unspecified atom stereocenters. The molecule has 51 heavy (non-hydrogen) atoms. The van der Waals surface area contributed by atoms with Gasteiger partial charge in [0, 0.05) is 33.4 Å². The first kappa shape index (κ1) is 37.3. The van der Waals surface area contributed by atoms with Gasteiger partial charge in [0.15, 0.2) is 0 Å². The number of fused-ring (bicyclic) bond motifs is 2. The number of methoxy groups -OCH3 is 2. The van der Waals surface area contributed by atoms with E-state index in [1.54, 1.807) is 26.0 Å². The van der Waals surface area contributed by atoms with Crippen molar-refractivity contribution in [2.75, 3.05) is 30.6 Å². The van der Waals surface area contributed by atoms with Crippen molar-refractivity contribution in [3.8, 4) is 22.6 Å². The van der Waals surface area contributed by atoms with Crippen LogP contribution in [0.5, 0.6) is 11.5 Å². The van der Waals surface area contributed by atoms with Crippen LogP contribution in [0.3, 0.4) is 0 Å². The monoisotopic (exact) mass is 728 g/mol. The first-order valence-electron chi connectivity index (χ1n) is 17.1. The molecule has 1 saturated carbocycles. The standard InChI is InChI=1S/C41H42N2O5S2.Na/c1-47-35-21-17-33(18-22-35)43(34-19-23-36(48-2)24-20-34)32-15-12-29(13-16-32)31-14-25-38-40(28-31)49-39-11-7-6-10-37(39)42(38)27-26-41(50(44,45)46)30-8-4-3-5-9-30;/h6-7,10-25,28,30,41H,3-5,8-9,26-27H2,1-2H3,(H,44,45,46);/q;+1/p-1. The van der Waals surface area contributed by atoms with Crippen LogP contribution in [0.15, 0.2) is 125 Å². The summed E-state index contributed by atoms with van der Waals surface area (Å²) < 4.78 is 48.3. The summed E-state index contributed by atoms with van der Waals surface area (Å²) in [4.78, 5) is 6.61. The second-order valence-corrected chi connectivity index (χ2v) is 15.6. The van der Waals surface area contributed by atoms with Crippen molar-refractivity contribution in [2.24, 2.45) is 5.92 Å². The zero-order valence-corrected chi connectivity index (χ0v) is 33.0. The van der Waals surface area contributed by atoms with E-state index in [0.717, 1.165) is 93.0 Å². The first-order chi connectivity index (χ1) is 24.3. The summed E-state index contributed by atoms with van der Waals surface area (Å²) in [5.41, 5.74) is 7.27. The molecule has 0 saturated heterocycles. The predicted octanol–water partition coefficient (Wildman–Crippen LogP) is 7.33. The Bertz CT molecular complexity index is 1990. The van der Waals surface area contributed by atoms with Crippen LogP contribution in [0, 0.1) is 5.92 Å². The minimum atomic E-state index is -4.41. The molecule has 7 nitrogen and oxygen atoms in total. The average molecular weight is 729 g/mol. The maximum atomic E-state index is 12.5. The van der Waals surface area contributed by atoms with Gasteiger partial charge in [-0.2, -0.15) is 0 Å². The minimum absolute atomic E-state index is 0.